The van der Waals surface area contributed by atoms with E-state index in [4.69, 9.17) is 40.0 Å². The smallest absolute Gasteiger partial charge is 0.364 e. The van der Waals surface area contributed by atoms with Crippen molar-refractivity contribution in [3.63, 3.8) is 0 Å². The third kappa shape index (κ3) is 18.5. The first-order chi connectivity index (χ1) is 28.3. The molecule has 0 saturated carbocycles. The summed E-state index contributed by atoms with van der Waals surface area (Å²) in [6.07, 6.45) is -2.05. The number of aliphatic carboxylic acids is 1. The number of rotatable bonds is 30. The molecule has 2 aromatic rings. The quantitative estimate of drug-likeness (QED) is 0.0503. The van der Waals surface area contributed by atoms with E-state index in [9.17, 15) is 39.6 Å². The Balaban J connectivity index is 1.32. The van der Waals surface area contributed by atoms with Gasteiger partial charge in [0.05, 0.1) is 90.0 Å². The van der Waals surface area contributed by atoms with Crippen LogP contribution in [0.5, 0.6) is 0 Å². The van der Waals surface area contributed by atoms with Crippen molar-refractivity contribution in [2.45, 2.75) is 95.2 Å². The molecule has 6 atom stereocenters. The molecule has 1 saturated heterocycles. The van der Waals surface area contributed by atoms with E-state index in [1.54, 1.807) is 16.8 Å². The fourth-order valence-corrected chi connectivity index (χ4v) is 6.19. The van der Waals surface area contributed by atoms with E-state index in [1.807, 2.05) is 6.20 Å². The van der Waals surface area contributed by atoms with Gasteiger partial charge in [-0.1, -0.05) is 35.7 Å². The number of hydrogen-bond acceptors (Lipinski definition) is 15. The van der Waals surface area contributed by atoms with Crippen molar-refractivity contribution >= 4 is 35.3 Å². The third-order valence-electron chi connectivity index (χ3n) is 9.01. The highest BCUT2D eigenvalue weighted by Gasteiger charge is 2.55. The summed E-state index contributed by atoms with van der Waals surface area (Å²) in [6.45, 7) is 6.58. The van der Waals surface area contributed by atoms with E-state index in [2.05, 4.69) is 26.3 Å². The maximum atomic E-state index is 12.6. The fourth-order valence-electron chi connectivity index (χ4n) is 6.00. The van der Waals surface area contributed by atoms with Crippen molar-refractivity contribution in [3.8, 4) is 0 Å². The molecule has 0 radical (unpaired) electrons. The lowest BCUT2D eigenvalue weighted by atomic mass is 9.88. The number of benzene rings is 1. The molecule has 7 N–H and O–H groups in total. The Labute approximate surface area is 348 Å². The Hall–Kier alpha value is -3.83. The van der Waals surface area contributed by atoms with Gasteiger partial charge in [0.25, 0.3) is 11.7 Å². The molecule has 0 aliphatic carbocycles. The van der Waals surface area contributed by atoms with Crippen molar-refractivity contribution in [2.24, 2.45) is 0 Å². The average molecular weight is 859 g/mol. The number of aliphatic hydroxyl groups is 3. The number of unbranched alkanes of at least 4 members (excludes halogenated alkanes) is 3. The molecular weight excluding hydrogens is 800 g/mol. The number of hydrogen-bond donors (Lipinski definition) is 7. The lowest BCUT2D eigenvalue weighted by Crippen LogP contribution is -2.68. The summed E-state index contributed by atoms with van der Waals surface area (Å²) in [4.78, 5) is 47.8. The lowest BCUT2D eigenvalue weighted by molar-refractivity contribution is -0.310. The van der Waals surface area contributed by atoms with Crippen LogP contribution in [0.15, 0.2) is 30.5 Å². The summed E-state index contributed by atoms with van der Waals surface area (Å²) in [7, 11) is 0. The van der Waals surface area contributed by atoms with Crippen LogP contribution in [0.1, 0.15) is 62.0 Å². The molecule has 1 aromatic carbocycles. The number of nitrogens with one attached hydrogen (secondary N) is 3. The van der Waals surface area contributed by atoms with E-state index >= 15 is 0 Å². The van der Waals surface area contributed by atoms with Gasteiger partial charge >= 0.3 is 5.97 Å². The number of aliphatic hydroxyl groups excluding tert-OH is 3. The minimum atomic E-state index is -2.39. The number of nitrogens with zero attached hydrogens (tertiary/aromatic N) is 3. The van der Waals surface area contributed by atoms with Crippen LogP contribution >= 0.6 is 11.6 Å². The Morgan fingerprint density at radius 3 is 2.22 bits per heavy atom. The molecule has 3 rings (SSSR count). The Kier molecular flexibility index (Phi) is 22.8. The number of carbonyl (C=O) groups excluding carboxylic acids is 3. The first-order valence-corrected chi connectivity index (χ1v) is 20.0. The van der Waals surface area contributed by atoms with Gasteiger partial charge in [0.1, 0.15) is 12.2 Å². The molecule has 332 valence electrons. The maximum absolute atomic E-state index is 12.6. The zero-order chi connectivity index (χ0) is 43.0. The van der Waals surface area contributed by atoms with E-state index in [0.29, 0.717) is 90.2 Å². The standard InChI is InChI=1S/C38H59ClN6O14/c1-26(46)40-11-14-54-16-18-56-20-21-57-19-17-55-15-12-45-25-30(43-44-45)10-5-3-4-6-13-58-38(37(52)53)23-31(48)33(42-27(2)47)35(59-38)34(50)32(49)24-41-36(51)28-8-7-9-29(39)22-28/h7-9,22,25,31-35,48-50H,3-6,10-21,23-24H2,1-2H3,(H,40,46)(H,41,51)(H,42,47)(H,52,53)/t31-,32+,33+,34+,35+,38+/m0/s1. The minimum absolute atomic E-state index is 0.0572. The fraction of sp³-hybridized carbons (Fsp3) is 0.684. The van der Waals surface area contributed by atoms with Gasteiger partial charge in [-0.05, 0) is 37.5 Å². The molecule has 21 heteroatoms. The first-order valence-electron chi connectivity index (χ1n) is 19.7. The van der Waals surface area contributed by atoms with Gasteiger partial charge in [-0.2, -0.15) is 0 Å². The van der Waals surface area contributed by atoms with Crippen LogP contribution in [0.4, 0.5) is 0 Å². The van der Waals surface area contributed by atoms with Crippen LogP contribution in [0.2, 0.25) is 5.02 Å². The second-order valence-corrected chi connectivity index (χ2v) is 14.3. The summed E-state index contributed by atoms with van der Waals surface area (Å²) in [5.74, 6) is -5.22. The molecule has 0 bridgehead atoms. The van der Waals surface area contributed by atoms with Crippen LogP contribution in [0, 0.1) is 0 Å². The Morgan fingerprint density at radius 2 is 1.58 bits per heavy atom. The van der Waals surface area contributed by atoms with Gasteiger partial charge in [0.15, 0.2) is 0 Å². The van der Waals surface area contributed by atoms with Gasteiger partial charge in [0.2, 0.25) is 11.8 Å². The van der Waals surface area contributed by atoms with Crippen LogP contribution in [-0.2, 0) is 55.8 Å². The molecule has 1 aliphatic heterocycles. The summed E-state index contributed by atoms with van der Waals surface area (Å²) in [5.41, 5.74) is 1.03. The number of aryl methyl sites for hydroxylation is 1. The second kappa shape index (κ2) is 27.1. The summed E-state index contributed by atoms with van der Waals surface area (Å²) in [5, 5.41) is 59.3. The summed E-state index contributed by atoms with van der Waals surface area (Å²) >= 11 is 5.94. The largest absolute Gasteiger partial charge is 0.477 e. The molecule has 0 spiro atoms. The predicted octanol–water partition coefficient (Wildman–Crippen LogP) is -0.159. The Morgan fingerprint density at radius 1 is 0.915 bits per heavy atom. The average Bonchev–Trinajstić information content (AvgIpc) is 3.65. The van der Waals surface area contributed by atoms with Crippen molar-refractivity contribution in [1.29, 1.82) is 0 Å². The third-order valence-corrected chi connectivity index (χ3v) is 9.24. The monoisotopic (exact) mass is 858 g/mol. The predicted molar refractivity (Wildman–Crippen MR) is 209 cm³/mol. The first kappa shape index (κ1) is 49.5. The number of aromatic nitrogens is 3. The highest BCUT2D eigenvalue weighted by molar-refractivity contribution is 6.30. The van der Waals surface area contributed by atoms with Gasteiger partial charge in [-0.25, -0.2) is 9.48 Å². The number of halogens is 1. The van der Waals surface area contributed by atoms with Gasteiger partial charge < -0.3 is 64.8 Å². The van der Waals surface area contributed by atoms with Crippen molar-refractivity contribution in [3.05, 3.63) is 46.7 Å². The molecule has 3 amide bonds. The van der Waals surface area contributed by atoms with Crippen molar-refractivity contribution in [1.82, 2.24) is 30.9 Å². The molecule has 2 heterocycles. The number of ether oxygens (including phenoxy) is 6. The van der Waals surface area contributed by atoms with Crippen LogP contribution < -0.4 is 16.0 Å². The number of carbonyl (C=O) groups is 4. The minimum Gasteiger partial charge on any atom is -0.477 e. The molecule has 20 nitrogen and oxygen atoms in total. The number of carboxylic acids is 1. The lowest BCUT2D eigenvalue weighted by Gasteiger charge is -2.46. The van der Waals surface area contributed by atoms with Crippen molar-refractivity contribution < 1.29 is 68.0 Å². The normalized spacial score (nSPS) is 20.1. The van der Waals surface area contributed by atoms with Crippen molar-refractivity contribution in [2.75, 3.05) is 72.6 Å². The molecule has 0 unspecified atom stereocenters. The molecule has 1 aliphatic rings. The SMILES string of the molecule is CC(=O)NCCOCCOCCOCCOCCn1cc(CCCCCCO[C@]2(C(=O)O)C[C@H](O)[C@@H](NC(C)=O)[C@H]([C@H](O)[C@H](O)CNC(=O)c3cccc(Cl)c3)O2)nn1. The maximum Gasteiger partial charge on any atom is 0.364 e. The number of amides is 3. The molecule has 59 heavy (non-hydrogen) atoms. The second-order valence-electron chi connectivity index (χ2n) is 13.8. The van der Waals surface area contributed by atoms with Crippen LogP contribution in [-0.4, -0.2) is 168 Å². The number of carboxylic acid groups (broad SMARTS) is 1. The zero-order valence-corrected chi connectivity index (χ0v) is 34.3. The summed E-state index contributed by atoms with van der Waals surface area (Å²) in [6, 6.07) is 4.77. The zero-order valence-electron chi connectivity index (χ0n) is 33.6. The Bertz CT molecular complexity index is 1570. The highest BCUT2D eigenvalue weighted by atomic mass is 35.5. The van der Waals surface area contributed by atoms with Gasteiger partial charge in [-0.3, -0.25) is 14.4 Å². The molecule has 1 fully saturated rings. The van der Waals surface area contributed by atoms with Crippen LogP contribution in [0.25, 0.3) is 0 Å². The molecular formula is C38H59ClN6O14. The van der Waals surface area contributed by atoms with E-state index in [1.165, 1.54) is 26.0 Å². The van der Waals surface area contributed by atoms with E-state index in [0.717, 1.165) is 18.5 Å². The highest BCUT2D eigenvalue weighted by Crippen LogP contribution is 2.34. The van der Waals surface area contributed by atoms with Gasteiger partial charge in [-0.15, -0.1) is 5.10 Å². The molecule has 1 aromatic heterocycles. The van der Waals surface area contributed by atoms with E-state index < -0.39 is 67.0 Å². The topological polar surface area (TPSA) is 271 Å². The van der Waals surface area contributed by atoms with Crippen LogP contribution in [0.3, 0.4) is 0 Å². The van der Waals surface area contributed by atoms with E-state index in [-0.39, 0.29) is 18.1 Å². The summed E-state index contributed by atoms with van der Waals surface area (Å²) < 4.78 is 35.1. The van der Waals surface area contributed by atoms with Gasteiger partial charge in [0, 0.05) is 50.1 Å².